The average molecular weight is 612 g/mol. The first-order valence-corrected chi connectivity index (χ1v) is 15.2. The van der Waals surface area contributed by atoms with Crippen LogP contribution in [0, 0.1) is 0 Å². The van der Waals surface area contributed by atoms with E-state index in [1.165, 1.54) is 4.90 Å². The number of rotatable bonds is 9. The van der Waals surface area contributed by atoms with E-state index in [4.69, 9.17) is 38.2 Å². The SMILES string of the molecule is O=C1/C(=C\c2cn(-c3ccccc3)nc2-c2ccc(OCc3ccccc3Cl)cc2)SC(=S)N1CCS(=O)(=O)O. The summed E-state index contributed by atoms with van der Waals surface area (Å²) in [4.78, 5) is 14.5. The monoisotopic (exact) mass is 611 g/mol. The maximum atomic E-state index is 13.0. The Hall–Kier alpha value is -3.48. The lowest BCUT2D eigenvalue weighted by Gasteiger charge is -2.12. The fourth-order valence-electron chi connectivity index (χ4n) is 3.96. The van der Waals surface area contributed by atoms with E-state index in [2.05, 4.69) is 0 Å². The summed E-state index contributed by atoms with van der Waals surface area (Å²) in [6, 6.07) is 24.5. The molecule has 1 fully saturated rings. The van der Waals surface area contributed by atoms with Crippen molar-refractivity contribution in [1.29, 1.82) is 0 Å². The van der Waals surface area contributed by atoms with Crippen LogP contribution in [0.4, 0.5) is 0 Å². The molecule has 1 aromatic heterocycles. The molecule has 5 rings (SSSR count). The number of carbonyl (C=O) groups excluding carboxylic acids is 1. The molecule has 1 amide bonds. The van der Waals surface area contributed by atoms with E-state index in [1.807, 2.05) is 85.1 Å². The molecule has 0 bridgehead atoms. The van der Waals surface area contributed by atoms with E-state index in [0.717, 1.165) is 28.6 Å². The summed E-state index contributed by atoms with van der Waals surface area (Å²) in [5.41, 5.74) is 3.82. The highest BCUT2D eigenvalue weighted by Crippen LogP contribution is 2.35. The zero-order chi connectivity index (χ0) is 28.3. The first-order valence-electron chi connectivity index (χ1n) is 12.0. The van der Waals surface area contributed by atoms with Crippen molar-refractivity contribution in [2.75, 3.05) is 12.3 Å². The number of halogens is 1. The lowest BCUT2D eigenvalue weighted by atomic mass is 10.1. The molecule has 8 nitrogen and oxygen atoms in total. The van der Waals surface area contributed by atoms with Crippen molar-refractivity contribution in [3.63, 3.8) is 0 Å². The van der Waals surface area contributed by atoms with Crippen LogP contribution < -0.4 is 4.74 Å². The van der Waals surface area contributed by atoms with Crippen LogP contribution in [0.25, 0.3) is 23.0 Å². The Morgan fingerprint density at radius 1 is 1.02 bits per heavy atom. The molecule has 2 heterocycles. The van der Waals surface area contributed by atoms with E-state index in [1.54, 1.807) is 10.8 Å². The number of nitrogens with zero attached hydrogens (tertiary/aromatic N) is 3. The fraction of sp³-hybridized carbons (Fsp3) is 0.107. The highest BCUT2D eigenvalue weighted by atomic mass is 35.5. The largest absolute Gasteiger partial charge is 0.489 e. The molecule has 0 atom stereocenters. The van der Waals surface area contributed by atoms with Crippen molar-refractivity contribution in [3.8, 4) is 22.7 Å². The molecule has 0 spiro atoms. The molecule has 1 aliphatic rings. The number of para-hydroxylation sites is 1. The molecule has 3 aromatic carbocycles. The molecular weight excluding hydrogens is 590 g/mol. The van der Waals surface area contributed by atoms with Crippen LogP contribution in [0.2, 0.25) is 5.02 Å². The molecule has 4 aromatic rings. The van der Waals surface area contributed by atoms with Crippen LogP contribution in [0.15, 0.2) is 90.0 Å². The minimum Gasteiger partial charge on any atom is -0.489 e. The maximum absolute atomic E-state index is 13.0. The maximum Gasteiger partial charge on any atom is 0.266 e. The van der Waals surface area contributed by atoms with Gasteiger partial charge in [-0.15, -0.1) is 0 Å². The number of ether oxygens (including phenoxy) is 1. The summed E-state index contributed by atoms with van der Waals surface area (Å²) < 4.78 is 39.3. The quantitative estimate of drug-likeness (QED) is 0.143. The number of benzene rings is 3. The number of hydrogen-bond donors (Lipinski definition) is 1. The molecule has 0 radical (unpaired) electrons. The molecular formula is C28H22ClN3O5S3. The van der Waals surface area contributed by atoms with Gasteiger partial charge in [-0.3, -0.25) is 14.2 Å². The number of hydrogen-bond acceptors (Lipinski definition) is 7. The Kier molecular flexibility index (Phi) is 8.38. The summed E-state index contributed by atoms with van der Waals surface area (Å²) >= 11 is 12.6. The Morgan fingerprint density at radius 2 is 1.73 bits per heavy atom. The number of thioether (sulfide) groups is 1. The van der Waals surface area contributed by atoms with Crippen LogP contribution >= 0.6 is 35.6 Å². The zero-order valence-corrected chi connectivity index (χ0v) is 24.0. The number of carbonyl (C=O) groups is 1. The first kappa shape index (κ1) is 28.1. The van der Waals surface area contributed by atoms with E-state index in [9.17, 15) is 13.2 Å². The molecule has 40 heavy (non-hydrogen) atoms. The van der Waals surface area contributed by atoms with Gasteiger partial charge in [-0.05, 0) is 48.5 Å². The lowest BCUT2D eigenvalue weighted by molar-refractivity contribution is -0.121. The summed E-state index contributed by atoms with van der Waals surface area (Å²) in [6.45, 7) is 0.0962. The van der Waals surface area contributed by atoms with Gasteiger partial charge in [0.05, 0.1) is 22.0 Å². The minimum absolute atomic E-state index is 0.219. The van der Waals surface area contributed by atoms with Gasteiger partial charge in [0.25, 0.3) is 16.0 Å². The number of thiocarbonyl (C=S) groups is 1. The second kappa shape index (κ2) is 11.9. The zero-order valence-electron chi connectivity index (χ0n) is 20.8. The molecule has 12 heteroatoms. The normalized spacial score (nSPS) is 14.8. The first-order chi connectivity index (χ1) is 19.2. The highest BCUT2D eigenvalue weighted by Gasteiger charge is 2.33. The number of aromatic nitrogens is 2. The van der Waals surface area contributed by atoms with Crippen LogP contribution in [0.1, 0.15) is 11.1 Å². The summed E-state index contributed by atoms with van der Waals surface area (Å²) in [6.07, 6.45) is 3.51. The van der Waals surface area contributed by atoms with Crippen LogP contribution in [0.5, 0.6) is 5.75 Å². The van der Waals surface area contributed by atoms with Gasteiger partial charge in [-0.1, -0.05) is 72.0 Å². The van der Waals surface area contributed by atoms with Gasteiger partial charge in [0.15, 0.2) is 0 Å². The predicted molar refractivity (Wildman–Crippen MR) is 161 cm³/mol. The van der Waals surface area contributed by atoms with E-state index < -0.39 is 21.8 Å². The van der Waals surface area contributed by atoms with Crippen molar-refractivity contribution in [3.05, 3.63) is 106 Å². The standard InChI is InChI=1S/C28H22ClN3O5S3/c29-24-9-5-4-6-20(24)18-37-23-12-10-19(11-13-23)26-21(17-32(30-26)22-7-2-1-3-8-22)16-25-27(33)31(28(38)39-25)14-15-40(34,35)36/h1-13,16-17H,14-15,18H2,(H,34,35,36)/b25-16+. The van der Waals surface area contributed by atoms with Crippen molar-refractivity contribution >= 4 is 62.0 Å². The van der Waals surface area contributed by atoms with Crippen LogP contribution in [-0.4, -0.2) is 50.2 Å². The second-order valence-corrected chi connectivity index (χ2v) is 12.4. The minimum atomic E-state index is -4.24. The van der Waals surface area contributed by atoms with E-state index in [0.29, 0.717) is 33.5 Å². The Labute approximate surface area is 246 Å². The Morgan fingerprint density at radius 3 is 2.42 bits per heavy atom. The fourth-order valence-corrected chi connectivity index (χ4v) is 5.86. The molecule has 0 unspecified atom stereocenters. The van der Waals surface area contributed by atoms with E-state index in [-0.39, 0.29) is 10.9 Å². The summed E-state index contributed by atoms with van der Waals surface area (Å²) in [5, 5.41) is 5.43. The Balaban J connectivity index is 1.44. The van der Waals surface area contributed by atoms with Crippen LogP contribution in [-0.2, 0) is 21.5 Å². The van der Waals surface area contributed by atoms with Crippen molar-refractivity contribution in [1.82, 2.24) is 14.7 Å². The summed E-state index contributed by atoms with van der Waals surface area (Å²) in [5.74, 6) is -0.373. The molecule has 0 saturated carbocycles. The van der Waals surface area contributed by atoms with Crippen molar-refractivity contribution in [2.24, 2.45) is 0 Å². The molecule has 1 N–H and O–H groups in total. The van der Waals surface area contributed by atoms with Gasteiger partial charge in [-0.2, -0.15) is 13.5 Å². The molecule has 204 valence electrons. The van der Waals surface area contributed by atoms with Gasteiger partial charge in [0, 0.05) is 34.5 Å². The van der Waals surface area contributed by atoms with Gasteiger partial charge in [-0.25, -0.2) is 4.68 Å². The summed E-state index contributed by atoms with van der Waals surface area (Å²) in [7, 11) is -4.24. The van der Waals surface area contributed by atoms with Crippen molar-refractivity contribution in [2.45, 2.75) is 6.61 Å². The van der Waals surface area contributed by atoms with Gasteiger partial charge in [0.2, 0.25) is 0 Å². The third-order valence-electron chi connectivity index (χ3n) is 5.98. The molecule has 1 aliphatic heterocycles. The molecule has 0 aliphatic carbocycles. The van der Waals surface area contributed by atoms with Crippen molar-refractivity contribution < 1.29 is 22.5 Å². The topological polar surface area (TPSA) is 102 Å². The van der Waals surface area contributed by atoms with E-state index >= 15 is 0 Å². The van der Waals surface area contributed by atoms with Gasteiger partial charge < -0.3 is 4.74 Å². The second-order valence-electron chi connectivity index (χ2n) is 8.74. The van der Waals surface area contributed by atoms with Gasteiger partial charge in [0.1, 0.15) is 16.7 Å². The van der Waals surface area contributed by atoms with Crippen LogP contribution in [0.3, 0.4) is 0 Å². The van der Waals surface area contributed by atoms with Gasteiger partial charge >= 0.3 is 0 Å². The average Bonchev–Trinajstić information content (AvgIpc) is 3.47. The Bertz CT molecular complexity index is 1700. The predicted octanol–water partition coefficient (Wildman–Crippen LogP) is 5.86. The third-order valence-corrected chi connectivity index (χ3v) is 8.42. The highest BCUT2D eigenvalue weighted by molar-refractivity contribution is 8.26. The third kappa shape index (κ3) is 6.62. The lowest BCUT2D eigenvalue weighted by Crippen LogP contribution is -2.32. The molecule has 1 saturated heterocycles. The smallest absolute Gasteiger partial charge is 0.266 e. The number of amides is 1.